The van der Waals surface area contributed by atoms with Crippen molar-refractivity contribution in [1.29, 1.82) is 0 Å². The largest absolute Gasteiger partial charge is 0.367 e. The van der Waals surface area contributed by atoms with E-state index in [1.807, 2.05) is 0 Å². The van der Waals surface area contributed by atoms with E-state index >= 15 is 0 Å². The van der Waals surface area contributed by atoms with Crippen LogP contribution in [0.4, 0.5) is 0 Å². The van der Waals surface area contributed by atoms with Gasteiger partial charge in [0.05, 0.1) is 6.42 Å². The maximum absolute atomic E-state index is 10.5. The number of primary amides is 1. The van der Waals surface area contributed by atoms with Crippen molar-refractivity contribution in [3.8, 4) is 0 Å². The highest BCUT2D eigenvalue weighted by Crippen LogP contribution is 2.18. The van der Waals surface area contributed by atoms with Crippen molar-refractivity contribution in [3.63, 3.8) is 0 Å². The number of hydrogen-bond acceptors (Lipinski definition) is 4. The first-order chi connectivity index (χ1) is 5.07. The maximum Gasteiger partial charge on any atom is 0.367 e. The number of hydrogen-bond donors (Lipinski definition) is 2. The molecule has 0 rings (SSSR count). The first-order valence-corrected chi connectivity index (χ1v) is 4.56. The Morgan fingerprint density at radius 2 is 2.00 bits per heavy atom. The molecule has 0 fully saturated rings. The van der Waals surface area contributed by atoms with Crippen LogP contribution >= 0.6 is 7.80 Å². The minimum Gasteiger partial charge on any atom is -0.363 e. The maximum atomic E-state index is 10.5. The normalized spacial score (nSPS) is 10.8. The second kappa shape index (κ2) is 4.93. The first-order valence-electron chi connectivity index (χ1n) is 2.93. The predicted octanol–water partition coefficient (Wildman–Crippen LogP) is -0.792. The van der Waals surface area contributed by atoms with E-state index in [1.165, 1.54) is 0 Å². The Bertz CT molecular complexity index is 191. The molecule has 0 saturated heterocycles. The predicted molar refractivity (Wildman–Crippen MR) is 38.4 cm³/mol. The molecule has 1 unspecified atom stereocenters. The van der Waals surface area contributed by atoms with Crippen molar-refractivity contribution in [2.45, 2.75) is 6.42 Å². The minimum absolute atomic E-state index is 0.0214. The van der Waals surface area contributed by atoms with Crippen LogP contribution in [0.25, 0.3) is 0 Å². The van der Waals surface area contributed by atoms with Crippen molar-refractivity contribution < 1.29 is 19.3 Å². The molecule has 6 heteroatoms. The van der Waals surface area contributed by atoms with Crippen LogP contribution in [0.3, 0.4) is 0 Å². The second-order valence-electron chi connectivity index (χ2n) is 1.88. The zero-order chi connectivity index (χ0) is 8.85. The quantitative estimate of drug-likeness (QED) is 0.425. The molecule has 0 saturated carbocycles. The van der Waals surface area contributed by atoms with Crippen LogP contribution in [-0.4, -0.2) is 29.3 Å². The van der Waals surface area contributed by atoms with Crippen molar-refractivity contribution >= 4 is 19.5 Å². The SMILES string of the molecule is NC(=O)C(=O)CC[P+](=O)CO. The van der Waals surface area contributed by atoms with Gasteiger partial charge in [0.15, 0.2) is 6.16 Å². The summed E-state index contributed by atoms with van der Waals surface area (Å²) in [4.78, 5) is 20.6. The van der Waals surface area contributed by atoms with Crippen molar-refractivity contribution in [2.24, 2.45) is 5.73 Å². The lowest BCUT2D eigenvalue weighted by Crippen LogP contribution is -2.23. The van der Waals surface area contributed by atoms with E-state index in [-0.39, 0.29) is 12.6 Å². The Morgan fingerprint density at radius 1 is 1.45 bits per heavy atom. The van der Waals surface area contributed by atoms with Crippen LogP contribution in [0.2, 0.25) is 0 Å². The Hall–Kier alpha value is -0.800. The third-order valence-electron chi connectivity index (χ3n) is 1.02. The molecule has 0 bridgehead atoms. The molecule has 0 aliphatic rings. The van der Waals surface area contributed by atoms with E-state index < -0.39 is 25.8 Å². The van der Waals surface area contributed by atoms with Gasteiger partial charge in [0.2, 0.25) is 12.1 Å². The molecule has 62 valence electrons. The van der Waals surface area contributed by atoms with Crippen molar-refractivity contribution in [2.75, 3.05) is 12.5 Å². The Labute approximate surface area is 64.4 Å². The summed E-state index contributed by atoms with van der Waals surface area (Å²) in [6.07, 6.45) is -0.583. The summed E-state index contributed by atoms with van der Waals surface area (Å²) >= 11 is 0. The van der Waals surface area contributed by atoms with Crippen molar-refractivity contribution in [1.82, 2.24) is 0 Å². The van der Waals surface area contributed by atoms with Crippen molar-refractivity contribution in [3.05, 3.63) is 0 Å². The molecular formula is C5H9NO4P+. The third kappa shape index (κ3) is 4.58. The molecule has 1 atom stereocenters. The van der Waals surface area contributed by atoms with Gasteiger partial charge in [-0.1, -0.05) is 4.57 Å². The van der Waals surface area contributed by atoms with Crippen LogP contribution in [-0.2, 0) is 14.2 Å². The number of amides is 1. The molecule has 3 N–H and O–H groups in total. The molecule has 5 nitrogen and oxygen atoms in total. The number of Topliss-reactive ketones (excluding diaryl/α,β-unsaturated/α-hetero) is 1. The average Bonchev–Trinajstić information content (AvgIpc) is 1.99. The highest BCUT2D eigenvalue weighted by atomic mass is 31.1. The van der Waals surface area contributed by atoms with E-state index in [9.17, 15) is 14.2 Å². The lowest BCUT2D eigenvalue weighted by Gasteiger charge is -1.86. The molecule has 11 heavy (non-hydrogen) atoms. The van der Waals surface area contributed by atoms with Gasteiger partial charge in [-0.2, -0.15) is 0 Å². The number of ketones is 1. The van der Waals surface area contributed by atoms with Crippen LogP contribution in [0.5, 0.6) is 0 Å². The molecule has 0 radical (unpaired) electrons. The number of carbonyl (C=O) groups is 2. The van der Waals surface area contributed by atoms with Gasteiger partial charge in [0.25, 0.3) is 5.91 Å². The zero-order valence-electron chi connectivity index (χ0n) is 5.82. The van der Waals surface area contributed by atoms with Crippen LogP contribution < -0.4 is 5.73 Å². The summed E-state index contributed by atoms with van der Waals surface area (Å²) in [6.45, 7) is 0. The molecule has 0 aliphatic heterocycles. The number of aliphatic hydroxyl groups is 1. The summed E-state index contributed by atoms with van der Waals surface area (Å²) in [7, 11) is -1.76. The number of aliphatic hydroxyl groups excluding tert-OH is 1. The molecule has 0 aliphatic carbocycles. The second-order valence-corrected chi connectivity index (χ2v) is 3.58. The zero-order valence-corrected chi connectivity index (χ0v) is 6.71. The summed E-state index contributed by atoms with van der Waals surface area (Å²) in [5.41, 5.74) is 4.62. The summed E-state index contributed by atoms with van der Waals surface area (Å²) in [5, 5.41) is 8.28. The van der Waals surface area contributed by atoms with Gasteiger partial charge in [-0.15, -0.1) is 0 Å². The monoisotopic (exact) mass is 178 g/mol. The Balaban J connectivity index is 3.63. The van der Waals surface area contributed by atoms with Gasteiger partial charge in [0.1, 0.15) is 0 Å². The lowest BCUT2D eigenvalue weighted by molar-refractivity contribution is -0.135. The molecule has 0 aromatic heterocycles. The van der Waals surface area contributed by atoms with Gasteiger partial charge in [-0.3, -0.25) is 9.59 Å². The number of nitrogens with two attached hydrogens (primary N) is 1. The van der Waals surface area contributed by atoms with Gasteiger partial charge < -0.3 is 10.8 Å². The first kappa shape index (κ1) is 10.2. The number of rotatable bonds is 5. The highest BCUT2D eigenvalue weighted by Gasteiger charge is 2.17. The van der Waals surface area contributed by atoms with Gasteiger partial charge in [0, 0.05) is 0 Å². The molecule has 1 amide bonds. The summed E-state index contributed by atoms with van der Waals surface area (Å²) in [6, 6.07) is 0. The van der Waals surface area contributed by atoms with Gasteiger partial charge in [-0.25, -0.2) is 0 Å². The van der Waals surface area contributed by atoms with Gasteiger partial charge >= 0.3 is 7.80 Å². The molecular weight excluding hydrogens is 169 g/mol. The van der Waals surface area contributed by atoms with E-state index in [0.717, 1.165) is 0 Å². The minimum atomic E-state index is -1.76. The van der Waals surface area contributed by atoms with E-state index in [2.05, 4.69) is 5.73 Å². The fourth-order valence-corrected chi connectivity index (χ4v) is 1.01. The van der Waals surface area contributed by atoms with Gasteiger partial charge in [-0.05, 0) is 0 Å². The van der Waals surface area contributed by atoms with Crippen LogP contribution in [0.1, 0.15) is 6.42 Å². The smallest absolute Gasteiger partial charge is 0.363 e. The average molecular weight is 178 g/mol. The molecule has 0 spiro atoms. The standard InChI is InChI=1S/C5H8NO4P/c6-5(9)4(8)1-2-11(10)3-7/h7H,1-3H2,(H-,6,9)/p+1. The van der Waals surface area contributed by atoms with E-state index in [1.54, 1.807) is 0 Å². The summed E-state index contributed by atoms with van der Waals surface area (Å²) < 4.78 is 10.5. The third-order valence-corrected chi connectivity index (χ3v) is 2.06. The van der Waals surface area contributed by atoms with Crippen LogP contribution in [0.15, 0.2) is 0 Å². The summed E-state index contributed by atoms with van der Waals surface area (Å²) in [5.74, 6) is -1.77. The highest BCUT2D eigenvalue weighted by molar-refractivity contribution is 7.44. The topological polar surface area (TPSA) is 97.5 Å². The lowest BCUT2D eigenvalue weighted by atomic mass is 10.3. The molecule has 0 aromatic carbocycles. The molecule has 0 aromatic rings. The Kier molecular flexibility index (Phi) is 4.57. The molecule has 0 heterocycles. The fraction of sp³-hybridized carbons (Fsp3) is 0.600. The van der Waals surface area contributed by atoms with Crippen LogP contribution in [0, 0.1) is 0 Å². The fourth-order valence-electron chi connectivity index (χ4n) is 0.420. The Morgan fingerprint density at radius 3 is 2.36 bits per heavy atom. The number of carbonyl (C=O) groups excluding carboxylic acids is 2. The van der Waals surface area contributed by atoms with E-state index in [4.69, 9.17) is 5.11 Å². The van der Waals surface area contributed by atoms with E-state index in [0.29, 0.717) is 0 Å².